The van der Waals surface area contributed by atoms with Crippen LogP contribution in [0.2, 0.25) is 0 Å². The van der Waals surface area contributed by atoms with Gasteiger partial charge in [0, 0.05) is 11.1 Å². The summed E-state index contributed by atoms with van der Waals surface area (Å²) < 4.78 is 0. The summed E-state index contributed by atoms with van der Waals surface area (Å²) in [6, 6.07) is 0. The summed E-state index contributed by atoms with van der Waals surface area (Å²) in [4.78, 5) is 5.07. The summed E-state index contributed by atoms with van der Waals surface area (Å²) >= 11 is 0. The molecule has 0 bridgehead atoms. The van der Waals surface area contributed by atoms with Crippen molar-refractivity contribution in [1.29, 1.82) is 0 Å². The van der Waals surface area contributed by atoms with Crippen LogP contribution in [0, 0.1) is 11.3 Å². The third kappa shape index (κ3) is 3.92. The molecule has 0 saturated heterocycles. The van der Waals surface area contributed by atoms with E-state index in [1.165, 1.54) is 31.3 Å². The Bertz CT molecular complexity index is 678. The summed E-state index contributed by atoms with van der Waals surface area (Å²) in [5, 5.41) is 4.05. The third-order valence-electron chi connectivity index (χ3n) is 6.28. The second kappa shape index (κ2) is 8.66. The van der Waals surface area contributed by atoms with Crippen molar-refractivity contribution in [2.75, 3.05) is 0 Å². The van der Waals surface area contributed by atoms with Crippen molar-refractivity contribution in [2.24, 2.45) is 27.3 Å². The van der Waals surface area contributed by atoms with Crippen LogP contribution < -0.4 is 5.84 Å². The standard InChI is InChI=1S/C23H33N3/c1-18(25-21-16-10-5-11-17-22(21)26-24)23(2,19-12-6-3-7-13-19)20-14-8-4-9-15-20/h6,8,12-14,20H,1,3-5,7,9-11,15-17,24H2,2H3/b25-21-,26-22-/t20?,23-/m0/s1. The van der Waals surface area contributed by atoms with E-state index in [9.17, 15) is 0 Å². The number of hydrogen-bond donors (Lipinski definition) is 1. The van der Waals surface area contributed by atoms with Crippen molar-refractivity contribution in [2.45, 2.75) is 71.1 Å². The molecular formula is C23H33N3. The smallest absolute Gasteiger partial charge is 0.0814 e. The largest absolute Gasteiger partial charge is 0.323 e. The highest BCUT2D eigenvalue weighted by Crippen LogP contribution is 2.48. The van der Waals surface area contributed by atoms with Crippen LogP contribution in [0.3, 0.4) is 0 Å². The van der Waals surface area contributed by atoms with Gasteiger partial charge in [0.2, 0.25) is 0 Å². The van der Waals surface area contributed by atoms with E-state index in [1.807, 2.05) is 0 Å². The van der Waals surface area contributed by atoms with E-state index in [0.717, 1.165) is 55.6 Å². The zero-order valence-corrected chi connectivity index (χ0v) is 16.2. The summed E-state index contributed by atoms with van der Waals surface area (Å²) in [6.07, 6.45) is 23.0. The molecule has 0 spiro atoms. The summed E-state index contributed by atoms with van der Waals surface area (Å²) in [5.41, 5.74) is 4.20. The lowest BCUT2D eigenvalue weighted by Gasteiger charge is -2.40. The SMILES string of the molecule is C=C(/N=C1/CCCCC/C1=N/N)[C@@](C)(C1=CCCC=C1)C1C=CCCC1. The van der Waals surface area contributed by atoms with E-state index in [-0.39, 0.29) is 5.41 Å². The Morgan fingerprint density at radius 3 is 2.54 bits per heavy atom. The lowest BCUT2D eigenvalue weighted by molar-refractivity contribution is 0.316. The van der Waals surface area contributed by atoms with E-state index >= 15 is 0 Å². The second-order valence-electron chi connectivity index (χ2n) is 7.95. The van der Waals surface area contributed by atoms with Gasteiger partial charge in [0.05, 0.1) is 11.4 Å². The number of nitrogens with zero attached hydrogens (tertiary/aromatic N) is 2. The molecule has 3 rings (SSSR count). The van der Waals surface area contributed by atoms with Gasteiger partial charge in [0.1, 0.15) is 0 Å². The fraction of sp³-hybridized carbons (Fsp3) is 0.565. The van der Waals surface area contributed by atoms with Gasteiger partial charge in [-0.15, -0.1) is 0 Å². The molecule has 0 heterocycles. The van der Waals surface area contributed by atoms with Crippen LogP contribution in [0.15, 0.2) is 58.3 Å². The minimum atomic E-state index is -0.160. The Labute approximate surface area is 158 Å². The number of hydrogen-bond acceptors (Lipinski definition) is 3. The maximum atomic E-state index is 5.68. The Morgan fingerprint density at radius 2 is 1.88 bits per heavy atom. The maximum Gasteiger partial charge on any atom is 0.0814 e. The predicted molar refractivity (Wildman–Crippen MR) is 112 cm³/mol. The van der Waals surface area contributed by atoms with Crippen LogP contribution in [0.5, 0.6) is 0 Å². The van der Waals surface area contributed by atoms with E-state index in [1.54, 1.807) is 0 Å². The Hall–Kier alpha value is -1.90. The quantitative estimate of drug-likeness (QED) is 0.293. The van der Waals surface area contributed by atoms with Gasteiger partial charge >= 0.3 is 0 Å². The Balaban J connectivity index is 1.98. The highest BCUT2D eigenvalue weighted by Gasteiger charge is 2.39. The van der Waals surface area contributed by atoms with Crippen molar-refractivity contribution in [3.63, 3.8) is 0 Å². The molecule has 0 aromatic carbocycles. The molecule has 0 amide bonds. The van der Waals surface area contributed by atoms with Crippen LogP contribution in [0.4, 0.5) is 0 Å². The number of rotatable bonds is 4. The van der Waals surface area contributed by atoms with Crippen molar-refractivity contribution < 1.29 is 0 Å². The van der Waals surface area contributed by atoms with Crippen molar-refractivity contribution in [3.05, 3.63) is 48.2 Å². The van der Waals surface area contributed by atoms with Gasteiger partial charge in [-0.25, -0.2) is 0 Å². The molecule has 3 heteroatoms. The summed E-state index contributed by atoms with van der Waals surface area (Å²) in [6.45, 7) is 6.81. The first-order chi connectivity index (χ1) is 12.7. The van der Waals surface area contributed by atoms with Crippen molar-refractivity contribution in [1.82, 2.24) is 0 Å². The van der Waals surface area contributed by atoms with Crippen LogP contribution in [-0.4, -0.2) is 11.4 Å². The molecule has 1 saturated carbocycles. The third-order valence-corrected chi connectivity index (χ3v) is 6.28. The van der Waals surface area contributed by atoms with Crippen LogP contribution >= 0.6 is 0 Å². The molecule has 2 atom stereocenters. The van der Waals surface area contributed by atoms with Crippen molar-refractivity contribution >= 4 is 11.4 Å². The highest BCUT2D eigenvalue weighted by molar-refractivity contribution is 6.42. The number of nitrogens with two attached hydrogens (primary N) is 1. The number of hydrazone groups is 1. The van der Waals surface area contributed by atoms with Gasteiger partial charge in [-0.2, -0.15) is 5.10 Å². The van der Waals surface area contributed by atoms with E-state index in [0.29, 0.717) is 5.92 Å². The minimum absolute atomic E-state index is 0.160. The first-order valence-corrected chi connectivity index (χ1v) is 10.2. The predicted octanol–water partition coefficient (Wildman–Crippen LogP) is 5.86. The summed E-state index contributed by atoms with van der Waals surface area (Å²) in [5.74, 6) is 6.13. The van der Waals surface area contributed by atoms with Gasteiger partial charge in [-0.3, -0.25) is 4.99 Å². The average Bonchev–Trinajstić information content (AvgIpc) is 2.93. The maximum absolute atomic E-state index is 5.68. The van der Waals surface area contributed by atoms with Crippen molar-refractivity contribution in [3.8, 4) is 0 Å². The lowest BCUT2D eigenvalue weighted by atomic mass is 9.65. The van der Waals surface area contributed by atoms with Gasteiger partial charge in [-0.05, 0) is 76.2 Å². The number of aliphatic imine (C=N–C) groups is 1. The van der Waals surface area contributed by atoms with Gasteiger partial charge in [0.25, 0.3) is 0 Å². The highest BCUT2D eigenvalue weighted by atomic mass is 15.1. The molecule has 3 nitrogen and oxygen atoms in total. The molecule has 3 aliphatic carbocycles. The van der Waals surface area contributed by atoms with E-state index in [4.69, 9.17) is 10.8 Å². The van der Waals surface area contributed by atoms with Crippen LogP contribution in [0.1, 0.15) is 71.1 Å². The summed E-state index contributed by atoms with van der Waals surface area (Å²) in [7, 11) is 0. The monoisotopic (exact) mass is 351 g/mol. The second-order valence-corrected chi connectivity index (χ2v) is 7.95. The van der Waals surface area contributed by atoms with Crippen LogP contribution in [-0.2, 0) is 0 Å². The molecule has 3 aliphatic rings. The molecule has 0 radical (unpaired) electrons. The average molecular weight is 352 g/mol. The van der Waals surface area contributed by atoms with Crippen LogP contribution in [0.25, 0.3) is 0 Å². The number of allylic oxidation sites excluding steroid dienone is 6. The molecule has 0 aliphatic heterocycles. The fourth-order valence-corrected chi connectivity index (χ4v) is 4.48. The fourth-order valence-electron chi connectivity index (χ4n) is 4.48. The van der Waals surface area contributed by atoms with E-state index in [2.05, 4.69) is 49.0 Å². The minimum Gasteiger partial charge on any atom is -0.323 e. The van der Waals surface area contributed by atoms with Gasteiger partial charge in [0.15, 0.2) is 0 Å². The van der Waals surface area contributed by atoms with Gasteiger partial charge < -0.3 is 5.84 Å². The first-order valence-electron chi connectivity index (χ1n) is 10.2. The Kier molecular flexibility index (Phi) is 6.29. The molecule has 1 fully saturated rings. The van der Waals surface area contributed by atoms with E-state index < -0.39 is 0 Å². The molecule has 0 aromatic rings. The van der Waals surface area contributed by atoms with Gasteiger partial charge in [-0.1, -0.05) is 43.4 Å². The Morgan fingerprint density at radius 1 is 1.08 bits per heavy atom. The zero-order valence-electron chi connectivity index (χ0n) is 16.2. The molecule has 140 valence electrons. The molecule has 2 N–H and O–H groups in total. The molecule has 1 unspecified atom stereocenters. The molecular weight excluding hydrogens is 318 g/mol. The lowest BCUT2D eigenvalue weighted by Crippen LogP contribution is -2.32. The molecule has 0 aromatic heterocycles. The zero-order chi connectivity index (χ0) is 18.4. The molecule has 26 heavy (non-hydrogen) atoms. The first kappa shape index (κ1) is 18.9. The topological polar surface area (TPSA) is 50.7 Å². The normalized spacial score (nSPS) is 29.3.